The fraction of sp³-hybridized carbons (Fsp3) is 0.697. The first-order valence-corrected chi connectivity index (χ1v) is 16.3. The van der Waals surface area contributed by atoms with E-state index in [4.69, 9.17) is 14.2 Å². The number of aryl methyl sites for hydroxylation is 1. The second-order valence-corrected chi connectivity index (χ2v) is 13.5. The summed E-state index contributed by atoms with van der Waals surface area (Å²) >= 11 is 0. The molecule has 2 aromatic rings. The number of likely N-dealkylation sites (N-methyl/N-ethyl adjacent to an activating group) is 1. The third-order valence-corrected chi connectivity index (χ3v) is 8.90. The number of ether oxygens (including phenoxy) is 3. The number of aliphatic hydroxyl groups is 4. The van der Waals surface area contributed by atoms with Crippen molar-refractivity contribution in [1.82, 2.24) is 25.3 Å². The molecule has 2 fully saturated rings. The molecule has 0 spiro atoms. The lowest BCUT2D eigenvalue weighted by Crippen LogP contribution is -2.60. The summed E-state index contributed by atoms with van der Waals surface area (Å²) in [5, 5.41) is 51.1. The van der Waals surface area contributed by atoms with Crippen molar-refractivity contribution in [3.63, 3.8) is 0 Å². The van der Waals surface area contributed by atoms with Crippen LogP contribution < -0.4 is 14.8 Å². The summed E-state index contributed by atoms with van der Waals surface area (Å²) < 4.78 is 17.5. The molecule has 0 radical (unpaired) electrons. The highest BCUT2D eigenvalue weighted by Gasteiger charge is 2.45. The van der Waals surface area contributed by atoms with Gasteiger partial charge < -0.3 is 49.8 Å². The van der Waals surface area contributed by atoms with Gasteiger partial charge in [-0.05, 0) is 70.0 Å². The number of amides is 1. The van der Waals surface area contributed by atoms with Crippen molar-refractivity contribution in [3.8, 4) is 11.6 Å². The number of carbonyl (C=O) groups excluding carboxylic acids is 1. The SMILES string of the molecule is Cc1cc(OCCCNCC(C)(C)C(=O)N2CCN(C)CC2)ccc1Cc1c(O[C@@H]2O[C@H](CO)[C@@H](O)[C@H](O)[C@H]2O)n[nH]c1C(C)C. The standard InChI is InChI=1S/C33H53N5O8/c1-20(2)26-24(30(36-35-26)46-31-29(42)28(41)27(40)25(18-39)45-31)17-22-8-9-23(16-21(22)3)44-15-7-10-34-19-33(4,5)32(43)38-13-11-37(6)12-14-38/h8-9,16,20,25,27-29,31,34,39-42H,7,10-15,17-19H2,1-6H3,(H,35,36)/t25-,27-,28+,29-,31+/m1/s1. The molecule has 1 amide bonds. The number of rotatable bonds is 14. The number of aliphatic hydroxyl groups excluding tert-OH is 4. The van der Waals surface area contributed by atoms with Crippen molar-refractivity contribution in [2.24, 2.45) is 5.41 Å². The Bertz CT molecular complexity index is 1280. The summed E-state index contributed by atoms with van der Waals surface area (Å²) in [7, 11) is 2.08. The van der Waals surface area contributed by atoms with Crippen LogP contribution in [0.4, 0.5) is 0 Å². The molecular formula is C33H53N5O8. The fourth-order valence-corrected chi connectivity index (χ4v) is 5.83. The number of aromatic amines is 1. The molecule has 258 valence electrons. The Morgan fingerprint density at radius 3 is 2.52 bits per heavy atom. The van der Waals surface area contributed by atoms with Crippen LogP contribution in [0.2, 0.25) is 0 Å². The molecule has 0 aliphatic carbocycles. The second kappa shape index (κ2) is 15.9. The highest BCUT2D eigenvalue weighted by molar-refractivity contribution is 5.82. The molecule has 1 aromatic carbocycles. The first-order valence-electron chi connectivity index (χ1n) is 16.3. The lowest BCUT2D eigenvalue weighted by atomic mass is 9.91. The van der Waals surface area contributed by atoms with Gasteiger partial charge in [-0.3, -0.25) is 9.89 Å². The predicted molar refractivity (Wildman–Crippen MR) is 172 cm³/mol. The lowest BCUT2D eigenvalue weighted by molar-refractivity contribution is -0.278. The Morgan fingerprint density at radius 2 is 1.87 bits per heavy atom. The van der Waals surface area contributed by atoms with E-state index < -0.39 is 42.7 Å². The van der Waals surface area contributed by atoms with Gasteiger partial charge in [0.25, 0.3) is 0 Å². The Hall–Kier alpha value is -2.78. The summed E-state index contributed by atoms with van der Waals surface area (Å²) in [4.78, 5) is 17.2. The number of benzene rings is 1. The third-order valence-electron chi connectivity index (χ3n) is 8.90. The van der Waals surface area contributed by atoms with Crippen LogP contribution in [-0.2, 0) is 16.0 Å². The molecule has 0 bridgehead atoms. The molecule has 2 aliphatic rings. The molecule has 1 aromatic heterocycles. The Labute approximate surface area is 271 Å². The van der Waals surface area contributed by atoms with Crippen molar-refractivity contribution in [2.75, 3.05) is 59.5 Å². The van der Waals surface area contributed by atoms with Crippen molar-refractivity contribution in [3.05, 3.63) is 40.6 Å². The highest BCUT2D eigenvalue weighted by atomic mass is 16.7. The molecule has 6 N–H and O–H groups in total. The molecule has 0 unspecified atom stereocenters. The summed E-state index contributed by atoms with van der Waals surface area (Å²) in [6.07, 6.45) is -5.68. The summed E-state index contributed by atoms with van der Waals surface area (Å²) in [5.41, 5.74) is 3.23. The molecule has 13 nitrogen and oxygen atoms in total. The van der Waals surface area contributed by atoms with Gasteiger partial charge in [-0.1, -0.05) is 19.9 Å². The number of hydrogen-bond donors (Lipinski definition) is 6. The third kappa shape index (κ3) is 8.77. The molecule has 5 atom stereocenters. The molecule has 2 saturated heterocycles. The van der Waals surface area contributed by atoms with Crippen molar-refractivity contribution < 1.29 is 39.4 Å². The maximum Gasteiger partial charge on any atom is 0.238 e. The van der Waals surface area contributed by atoms with E-state index in [1.807, 2.05) is 57.7 Å². The van der Waals surface area contributed by atoms with E-state index in [-0.39, 0.29) is 17.7 Å². The van der Waals surface area contributed by atoms with Crippen molar-refractivity contribution in [1.29, 1.82) is 0 Å². The maximum atomic E-state index is 13.0. The topological polar surface area (TPSA) is 173 Å². The largest absolute Gasteiger partial charge is 0.494 e. The van der Waals surface area contributed by atoms with Crippen LogP contribution in [0.15, 0.2) is 18.2 Å². The first kappa shape index (κ1) is 36.1. The molecule has 13 heteroatoms. The first-order chi connectivity index (χ1) is 21.8. The van der Waals surface area contributed by atoms with E-state index >= 15 is 0 Å². The zero-order chi connectivity index (χ0) is 33.6. The van der Waals surface area contributed by atoms with Crippen LogP contribution in [-0.4, -0.2) is 137 Å². The zero-order valence-electron chi connectivity index (χ0n) is 28.0. The minimum atomic E-state index is -1.54. The van der Waals surface area contributed by atoms with Crippen LogP contribution in [0, 0.1) is 12.3 Å². The van der Waals surface area contributed by atoms with Crippen molar-refractivity contribution in [2.45, 2.75) is 84.1 Å². The van der Waals surface area contributed by atoms with Gasteiger partial charge in [0.1, 0.15) is 30.2 Å². The monoisotopic (exact) mass is 647 g/mol. The molecular weight excluding hydrogens is 594 g/mol. The zero-order valence-corrected chi connectivity index (χ0v) is 28.0. The fourth-order valence-electron chi connectivity index (χ4n) is 5.83. The quantitative estimate of drug-likeness (QED) is 0.160. The Morgan fingerprint density at radius 1 is 1.15 bits per heavy atom. The normalized spacial score (nSPS) is 24.4. The van der Waals surface area contributed by atoms with E-state index in [9.17, 15) is 25.2 Å². The van der Waals surface area contributed by atoms with Gasteiger partial charge in [0, 0.05) is 50.4 Å². The van der Waals surface area contributed by atoms with Crippen LogP contribution in [0.25, 0.3) is 0 Å². The van der Waals surface area contributed by atoms with Gasteiger partial charge in [0.2, 0.25) is 18.1 Å². The number of carbonyl (C=O) groups is 1. The molecule has 0 saturated carbocycles. The summed E-state index contributed by atoms with van der Waals surface area (Å²) in [6, 6.07) is 5.93. The minimum Gasteiger partial charge on any atom is -0.494 e. The van der Waals surface area contributed by atoms with E-state index in [2.05, 4.69) is 27.5 Å². The maximum absolute atomic E-state index is 13.0. The average molecular weight is 648 g/mol. The van der Waals surface area contributed by atoms with Gasteiger partial charge in [0.15, 0.2) is 0 Å². The van der Waals surface area contributed by atoms with Crippen LogP contribution in [0.5, 0.6) is 11.6 Å². The number of hydrogen-bond acceptors (Lipinski definition) is 11. The van der Waals surface area contributed by atoms with Crippen LogP contribution in [0.3, 0.4) is 0 Å². The molecule has 2 aliphatic heterocycles. The van der Waals surface area contributed by atoms with Crippen LogP contribution in [0.1, 0.15) is 62.4 Å². The van der Waals surface area contributed by atoms with Gasteiger partial charge in [-0.15, -0.1) is 5.10 Å². The van der Waals surface area contributed by atoms with Gasteiger partial charge in [0.05, 0.1) is 18.6 Å². The van der Waals surface area contributed by atoms with E-state index in [1.54, 1.807) is 0 Å². The Kier molecular flexibility index (Phi) is 12.4. The number of nitrogens with zero attached hydrogens (tertiary/aromatic N) is 3. The summed E-state index contributed by atoms with van der Waals surface area (Å²) in [6.45, 7) is 14.8. The predicted octanol–water partition coefficient (Wildman–Crippen LogP) is 0.770. The van der Waals surface area contributed by atoms with E-state index in [0.29, 0.717) is 19.6 Å². The second-order valence-electron chi connectivity index (χ2n) is 13.5. The van der Waals surface area contributed by atoms with Gasteiger partial charge in [-0.2, -0.15) is 0 Å². The lowest BCUT2D eigenvalue weighted by Gasteiger charge is -2.39. The highest BCUT2D eigenvalue weighted by Crippen LogP contribution is 2.32. The van der Waals surface area contributed by atoms with E-state index in [1.165, 1.54) is 0 Å². The number of nitrogens with one attached hydrogen (secondary N) is 2. The van der Waals surface area contributed by atoms with Crippen molar-refractivity contribution >= 4 is 5.91 Å². The van der Waals surface area contributed by atoms with E-state index in [0.717, 1.165) is 67.3 Å². The van der Waals surface area contributed by atoms with Gasteiger partial charge in [-0.25, -0.2) is 0 Å². The Balaban J connectivity index is 1.29. The molecule has 4 rings (SSSR count). The minimum absolute atomic E-state index is 0.0988. The average Bonchev–Trinajstić information content (AvgIpc) is 3.42. The molecule has 3 heterocycles. The van der Waals surface area contributed by atoms with Gasteiger partial charge >= 0.3 is 0 Å². The number of piperazine rings is 1. The molecule has 46 heavy (non-hydrogen) atoms. The smallest absolute Gasteiger partial charge is 0.238 e. The van der Waals surface area contributed by atoms with Crippen LogP contribution >= 0.6 is 0 Å². The number of H-pyrrole nitrogens is 1. The summed E-state index contributed by atoms with van der Waals surface area (Å²) in [5.74, 6) is 1.28. The number of aromatic nitrogens is 2.